The van der Waals surface area contributed by atoms with Crippen molar-refractivity contribution in [2.24, 2.45) is 5.41 Å². The van der Waals surface area contributed by atoms with Gasteiger partial charge in [0.1, 0.15) is 18.5 Å². The summed E-state index contributed by atoms with van der Waals surface area (Å²) < 4.78 is 5.56. The van der Waals surface area contributed by atoms with Crippen LogP contribution in [0, 0.1) is 5.41 Å². The van der Waals surface area contributed by atoms with Gasteiger partial charge in [-0.1, -0.05) is 13.3 Å². The molecule has 0 aromatic heterocycles. The third-order valence-corrected chi connectivity index (χ3v) is 4.60. The molecule has 1 aliphatic carbocycles. The van der Waals surface area contributed by atoms with Gasteiger partial charge >= 0.3 is 0 Å². The summed E-state index contributed by atoms with van der Waals surface area (Å²) >= 11 is 0. The summed E-state index contributed by atoms with van der Waals surface area (Å²) in [6.45, 7) is 2.89. The first-order valence-electron chi connectivity index (χ1n) is 8.32. The van der Waals surface area contributed by atoms with E-state index in [-0.39, 0.29) is 17.9 Å². The molecular formula is C18H28N2O3. The van der Waals surface area contributed by atoms with Crippen LogP contribution in [-0.2, 0) is 4.79 Å². The monoisotopic (exact) mass is 320 g/mol. The first-order valence-corrected chi connectivity index (χ1v) is 8.32. The number of likely N-dealkylation sites (N-methyl/N-ethyl adjacent to an activating group) is 1. The van der Waals surface area contributed by atoms with Crippen molar-refractivity contribution in [2.45, 2.75) is 38.7 Å². The molecule has 0 bridgehead atoms. The molecule has 1 aromatic rings. The van der Waals surface area contributed by atoms with Crippen molar-refractivity contribution in [3.05, 3.63) is 24.3 Å². The van der Waals surface area contributed by atoms with E-state index in [0.29, 0.717) is 12.3 Å². The number of carbonyl (C=O) groups excluding carboxylic acids is 1. The number of anilines is 1. The maximum Gasteiger partial charge on any atom is 0.230 e. The zero-order chi connectivity index (χ0) is 16.9. The van der Waals surface area contributed by atoms with Crippen LogP contribution in [0.15, 0.2) is 24.3 Å². The average molecular weight is 320 g/mol. The Labute approximate surface area is 138 Å². The second-order valence-electron chi connectivity index (χ2n) is 6.69. The van der Waals surface area contributed by atoms with Crippen LogP contribution in [0.5, 0.6) is 5.75 Å². The number of ether oxygens (including phenoxy) is 1. The predicted molar refractivity (Wildman–Crippen MR) is 91.7 cm³/mol. The largest absolute Gasteiger partial charge is 0.491 e. The lowest BCUT2D eigenvalue weighted by Gasteiger charge is -2.39. The van der Waals surface area contributed by atoms with Crippen molar-refractivity contribution in [2.75, 3.05) is 32.6 Å². The van der Waals surface area contributed by atoms with Crippen LogP contribution in [0.25, 0.3) is 0 Å². The number of amides is 1. The molecule has 2 rings (SSSR count). The van der Waals surface area contributed by atoms with Gasteiger partial charge in [-0.25, -0.2) is 0 Å². The summed E-state index contributed by atoms with van der Waals surface area (Å²) in [5.74, 6) is 0.816. The van der Waals surface area contributed by atoms with Crippen molar-refractivity contribution < 1.29 is 14.6 Å². The van der Waals surface area contributed by atoms with Crippen molar-refractivity contribution in [1.82, 2.24) is 4.90 Å². The van der Waals surface area contributed by atoms with Gasteiger partial charge in [0.2, 0.25) is 5.91 Å². The maximum absolute atomic E-state index is 12.4. The second kappa shape index (κ2) is 7.79. The van der Waals surface area contributed by atoms with Crippen molar-refractivity contribution in [3.8, 4) is 5.75 Å². The van der Waals surface area contributed by atoms with E-state index in [4.69, 9.17) is 4.74 Å². The number of benzene rings is 1. The number of carbonyl (C=O) groups is 1. The van der Waals surface area contributed by atoms with E-state index < -0.39 is 6.10 Å². The summed E-state index contributed by atoms with van der Waals surface area (Å²) in [5, 5.41) is 12.8. The molecule has 23 heavy (non-hydrogen) atoms. The van der Waals surface area contributed by atoms with Gasteiger partial charge in [0.25, 0.3) is 0 Å². The van der Waals surface area contributed by atoms with E-state index in [2.05, 4.69) is 12.2 Å². The van der Waals surface area contributed by atoms with Crippen LogP contribution < -0.4 is 10.1 Å². The Kier molecular flexibility index (Phi) is 6.02. The Morgan fingerprint density at radius 3 is 2.48 bits per heavy atom. The Morgan fingerprint density at radius 2 is 2.00 bits per heavy atom. The van der Waals surface area contributed by atoms with Crippen LogP contribution >= 0.6 is 0 Å². The summed E-state index contributed by atoms with van der Waals surface area (Å²) in [7, 11) is 3.82. The number of hydrogen-bond acceptors (Lipinski definition) is 4. The summed E-state index contributed by atoms with van der Waals surface area (Å²) in [4.78, 5) is 14.3. The molecule has 1 aliphatic rings. The maximum atomic E-state index is 12.4. The molecule has 2 N–H and O–H groups in total. The molecule has 1 saturated carbocycles. The van der Waals surface area contributed by atoms with E-state index in [9.17, 15) is 9.90 Å². The first-order chi connectivity index (χ1) is 10.9. The fourth-order valence-electron chi connectivity index (χ4n) is 2.91. The molecule has 0 heterocycles. The Morgan fingerprint density at radius 1 is 1.35 bits per heavy atom. The number of nitrogens with one attached hydrogen (secondary N) is 1. The van der Waals surface area contributed by atoms with Crippen molar-refractivity contribution in [3.63, 3.8) is 0 Å². The molecule has 1 atom stereocenters. The van der Waals surface area contributed by atoms with Gasteiger partial charge in [0.15, 0.2) is 0 Å². The Hall–Kier alpha value is -1.59. The fourth-order valence-corrected chi connectivity index (χ4v) is 2.91. The molecule has 128 valence electrons. The third kappa shape index (κ3) is 4.69. The van der Waals surface area contributed by atoms with E-state index >= 15 is 0 Å². The molecule has 1 fully saturated rings. The van der Waals surface area contributed by atoms with Gasteiger partial charge in [-0.2, -0.15) is 0 Å². The normalized spacial score (nSPS) is 17.4. The summed E-state index contributed by atoms with van der Waals surface area (Å²) in [6.07, 6.45) is 3.49. The lowest BCUT2D eigenvalue weighted by Crippen LogP contribution is -2.41. The number of aliphatic hydroxyl groups excluding tert-OH is 1. The fraction of sp³-hybridized carbons (Fsp3) is 0.611. The molecule has 5 nitrogen and oxygen atoms in total. The Balaban J connectivity index is 1.83. The molecule has 5 heteroatoms. The highest BCUT2D eigenvalue weighted by atomic mass is 16.5. The molecule has 0 saturated heterocycles. The molecule has 0 radical (unpaired) electrons. The van der Waals surface area contributed by atoms with Crippen LogP contribution in [-0.4, -0.2) is 49.3 Å². The molecule has 1 amide bonds. The first kappa shape index (κ1) is 17.8. The van der Waals surface area contributed by atoms with E-state index in [1.807, 2.05) is 43.3 Å². The van der Waals surface area contributed by atoms with Crippen LogP contribution in [0.3, 0.4) is 0 Å². The number of rotatable bonds is 8. The van der Waals surface area contributed by atoms with Gasteiger partial charge in [-0.15, -0.1) is 0 Å². The van der Waals surface area contributed by atoms with Gasteiger partial charge in [0, 0.05) is 17.6 Å². The van der Waals surface area contributed by atoms with Gasteiger partial charge in [-0.05, 0) is 57.6 Å². The smallest absolute Gasteiger partial charge is 0.230 e. The lowest BCUT2D eigenvalue weighted by molar-refractivity contribution is -0.130. The lowest BCUT2D eigenvalue weighted by atomic mass is 9.66. The highest BCUT2D eigenvalue weighted by molar-refractivity contribution is 5.95. The van der Waals surface area contributed by atoms with Crippen molar-refractivity contribution in [1.29, 1.82) is 0 Å². The molecule has 0 spiro atoms. The van der Waals surface area contributed by atoms with Gasteiger partial charge in [-0.3, -0.25) is 4.79 Å². The topological polar surface area (TPSA) is 61.8 Å². The van der Waals surface area contributed by atoms with Crippen LogP contribution in [0.1, 0.15) is 32.6 Å². The minimum atomic E-state index is -0.521. The zero-order valence-corrected chi connectivity index (χ0v) is 14.3. The molecular weight excluding hydrogens is 292 g/mol. The Bertz CT molecular complexity index is 504. The van der Waals surface area contributed by atoms with E-state index in [1.54, 1.807) is 0 Å². The van der Waals surface area contributed by atoms with Gasteiger partial charge in [0.05, 0.1) is 0 Å². The predicted octanol–water partition coefficient (Wildman–Crippen LogP) is 2.51. The zero-order valence-electron chi connectivity index (χ0n) is 14.3. The quantitative estimate of drug-likeness (QED) is 0.772. The second-order valence-corrected chi connectivity index (χ2v) is 6.69. The van der Waals surface area contributed by atoms with Gasteiger partial charge < -0.3 is 20.1 Å². The molecule has 0 aliphatic heterocycles. The van der Waals surface area contributed by atoms with E-state index in [0.717, 1.165) is 31.4 Å². The number of hydrogen-bond donors (Lipinski definition) is 2. The number of aliphatic hydroxyl groups is 1. The summed E-state index contributed by atoms with van der Waals surface area (Å²) in [6, 6.07) is 7.32. The minimum absolute atomic E-state index is 0.126. The molecule has 1 unspecified atom stereocenters. The van der Waals surface area contributed by atoms with E-state index in [1.165, 1.54) is 0 Å². The minimum Gasteiger partial charge on any atom is -0.491 e. The standard InChI is InChI=1S/C18H28N2O3/c1-4-18(10-5-11-18)17(22)19-14-6-8-16(9-7-14)23-13-15(21)12-20(2)3/h6-9,15,21H,4-5,10-13H2,1-3H3,(H,19,22). The average Bonchev–Trinajstić information content (AvgIpc) is 2.45. The third-order valence-electron chi connectivity index (χ3n) is 4.60. The van der Waals surface area contributed by atoms with Crippen LogP contribution in [0.2, 0.25) is 0 Å². The van der Waals surface area contributed by atoms with Crippen molar-refractivity contribution >= 4 is 11.6 Å². The highest BCUT2D eigenvalue weighted by Crippen LogP contribution is 2.44. The summed E-state index contributed by atoms with van der Waals surface area (Å²) in [5.41, 5.74) is 0.627. The highest BCUT2D eigenvalue weighted by Gasteiger charge is 2.42. The number of nitrogens with zero attached hydrogens (tertiary/aromatic N) is 1. The van der Waals surface area contributed by atoms with Crippen LogP contribution in [0.4, 0.5) is 5.69 Å². The molecule has 1 aromatic carbocycles. The SMILES string of the molecule is CCC1(C(=O)Nc2ccc(OCC(O)CN(C)C)cc2)CCC1.